The maximum absolute atomic E-state index is 12.4. The predicted molar refractivity (Wildman–Crippen MR) is 102 cm³/mol. The van der Waals surface area contributed by atoms with Crippen LogP contribution in [0, 0.1) is 0 Å². The number of hydrogen-bond acceptors (Lipinski definition) is 9. The zero-order chi connectivity index (χ0) is 18.5. The second-order valence-corrected chi connectivity index (χ2v) is 7.31. The number of carbonyl (C=O) groups is 1. The Morgan fingerprint density at radius 3 is 2.96 bits per heavy atom. The van der Waals surface area contributed by atoms with Crippen LogP contribution in [0.3, 0.4) is 0 Å². The lowest BCUT2D eigenvalue weighted by molar-refractivity contribution is -0.115. The van der Waals surface area contributed by atoms with Crippen LogP contribution in [0.5, 0.6) is 5.75 Å². The lowest BCUT2D eigenvalue weighted by atomic mass is 10.2. The van der Waals surface area contributed by atoms with Crippen molar-refractivity contribution >= 4 is 40.1 Å². The first-order valence-corrected chi connectivity index (χ1v) is 9.33. The standard InChI is InChI=1S/C16H16N6O2S2/c1-9(26-15-19-8-18-14(17)22-15)13(23)21-16-20-12(7-25-16)10-4-3-5-11(6-10)24-2/h3-9H,1-2H3,(H,20,21,23)(H2,17,18,19,22). The Morgan fingerprint density at radius 1 is 1.35 bits per heavy atom. The maximum atomic E-state index is 12.4. The molecule has 1 amide bonds. The van der Waals surface area contributed by atoms with Gasteiger partial charge in [-0.3, -0.25) is 4.79 Å². The van der Waals surface area contributed by atoms with Gasteiger partial charge in [0.15, 0.2) is 10.3 Å². The number of hydrogen-bond donors (Lipinski definition) is 2. The zero-order valence-electron chi connectivity index (χ0n) is 14.0. The van der Waals surface area contributed by atoms with Gasteiger partial charge in [0.05, 0.1) is 18.1 Å². The first-order valence-electron chi connectivity index (χ1n) is 7.57. The molecular formula is C16H16N6O2S2. The second kappa shape index (κ2) is 8.11. The van der Waals surface area contributed by atoms with Gasteiger partial charge in [0, 0.05) is 10.9 Å². The molecule has 2 aromatic heterocycles. The van der Waals surface area contributed by atoms with E-state index in [-0.39, 0.29) is 11.9 Å². The van der Waals surface area contributed by atoms with Crippen LogP contribution in [-0.4, -0.2) is 38.2 Å². The summed E-state index contributed by atoms with van der Waals surface area (Å²) < 4.78 is 5.22. The zero-order valence-corrected chi connectivity index (χ0v) is 15.7. The molecule has 0 aliphatic rings. The van der Waals surface area contributed by atoms with Crippen molar-refractivity contribution < 1.29 is 9.53 Å². The molecule has 0 radical (unpaired) electrons. The molecule has 26 heavy (non-hydrogen) atoms. The Kier molecular flexibility index (Phi) is 5.64. The van der Waals surface area contributed by atoms with E-state index in [1.807, 2.05) is 29.6 Å². The number of thioether (sulfide) groups is 1. The maximum Gasteiger partial charge on any atom is 0.239 e. The number of rotatable bonds is 6. The van der Waals surface area contributed by atoms with Crippen LogP contribution < -0.4 is 15.8 Å². The summed E-state index contributed by atoms with van der Waals surface area (Å²) in [5.41, 5.74) is 7.21. The van der Waals surface area contributed by atoms with E-state index < -0.39 is 5.25 Å². The van der Waals surface area contributed by atoms with Gasteiger partial charge in [0.2, 0.25) is 11.9 Å². The summed E-state index contributed by atoms with van der Waals surface area (Å²) in [7, 11) is 1.62. The molecule has 3 aromatic rings. The summed E-state index contributed by atoms with van der Waals surface area (Å²) in [6.45, 7) is 1.76. The fourth-order valence-electron chi connectivity index (χ4n) is 2.01. The van der Waals surface area contributed by atoms with Crippen molar-refractivity contribution in [2.24, 2.45) is 0 Å². The number of thiazole rings is 1. The topological polar surface area (TPSA) is 116 Å². The van der Waals surface area contributed by atoms with Crippen LogP contribution in [0.1, 0.15) is 6.92 Å². The van der Waals surface area contributed by atoms with Crippen LogP contribution in [0.15, 0.2) is 41.1 Å². The Hall–Kier alpha value is -2.72. The van der Waals surface area contributed by atoms with Crippen molar-refractivity contribution in [1.29, 1.82) is 0 Å². The first kappa shape index (κ1) is 18.1. The van der Waals surface area contributed by atoms with Gasteiger partial charge in [-0.2, -0.15) is 4.98 Å². The van der Waals surface area contributed by atoms with E-state index in [0.29, 0.717) is 10.3 Å². The van der Waals surface area contributed by atoms with Crippen LogP contribution in [0.2, 0.25) is 0 Å². The molecular weight excluding hydrogens is 372 g/mol. The molecule has 0 aliphatic heterocycles. The van der Waals surface area contributed by atoms with Crippen molar-refractivity contribution in [2.45, 2.75) is 17.3 Å². The lowest BCUT2D eigenvalue weighted by Crippen LogP contribution is -2.22. The molecule has 0 fully saturated rings. The highest BCUT2D eigenvalue weighted by atomic mass is 32.2. The molecule has 134 valence electrons. The van der Waals surface area contributed by atoms with Gasteiger partial charge in [0.25, 0.3) is 0 Å². The summed E-state index contributed by atoms with van der Waals surface area (Å²) in [5, 5.41) is 5.20. The van der Waals surface area contributed by atoms with Gasteiger partial charge in [0.1, 0.15) is 12.1 Å². The highest BCUT2D eigenvalue weighted by Crippen LogP contribution is 2.28. The average Bonchev–Trinajstić information content (AvgIpc) is 3.10. The van der Waals surface area contributed by atoms with Gasteiger partial charge in [-0.15, -0.1) is 11.3 Å². The molecule has 8 nitrogen and oxygen atoms in total. The molecule has 1 aromatic carbocycles. The molecule has 2 heterocycles. The number of carbonyl (C=O) groups excluding carboxylic acids is 1. The summed E-state index contributed by atoms with van der Waals surface area (Å²) in [4.78, 5) is 28.5. The van der Waals surface area contributed by atoms with Crippen molar-refractivity contribution in [2.75, 3.05) is 18.2 Å². The third kappa shape index (κ3) is 4.46. The highest BCUT2D eigenvalue weighted by molar-refractivity contribution is 8.00. The molecule has 0 saturated carbocycles. The Balaban J connectivity index is 1.65. The van der Waals surface area contributed by atoms with E-state index in [1.54, 1.807) is 14.0 Å². The van der Waals surface area contributed by atoms with Crippen LogP contribution in [0.4, 0.5) is 11.1 Å². The quantitative estimate of drug-likeness (QED) is 0.619. The fourth-order valence-corrected chi connectivity index (χ4v) is 3.47. The normalized spacial score (nSPS) is 11.8. The second-order valence-electron chi connectivity index (χ2n) is 5.15. The van der Waals surface area contributed by atoms with Crippen molar-refractivity contribution in [1.82, 2.24) is 19.9 Å². The molecule has 3 rings (SSSR count). The first-order chi connectivity index (χ1) is 12.5. The van der Waals surface area contributed by atoms with Crippen molar-refractivity contribution in [3.05, 3.63) is 36.0 Å². The number of nitrogens with zero attached hydrogens (tertiary/aromatic N) is 4. The monoisotopic (exact) mass is 388 g/mol. The van der Waals surface area contributed by atoms with Gasteiger partial charge in [-0.25, -0.2) is 15.0 Å². The number of aromatic nitrogens is 4. The van der Waals surface area contributed by atoms with Crippen LogP contribution in [-0.2, 0) is 4.79 Å². The Morgan fingerprint density at radius 2 is 2.19 bits per heavy atom. The Labute approximate surface area is 158 Å². The lowest BCUT2D eigenvalue weighted by Gasteiger charge is -2.09. The van der Waals surface area contributed by atoms with Crippen LogP contribution in [0.25, 0.3) is 11.3 Å². The molecule has 3 N–H and O–H groups in total. The van der Waals surface area contributed by atoms with E-state index in [2.05, 4.69) is 25.3 Å². The van der Waals surface area contributed by atoms with E-state index in [4.69, 9.17) is 10.5 Å². The smallest absolute Gasteiger partial charge is 0.239 e. The third-order valence-electron chi connectivity index (χ3n) is 3.32. The number of nitrogens with one attached hydrogen (secondary N) is 1. The number of ether oxygens (including phenoxy) is 1. The number of anilines is 2. The van der Waals surface area contributed by atoms with E-state index in [9.17, 15) is 4.79 Å². The van der Waals surface area contributed by atoms with E-state index in [0.717, 1.165) is 17.0 Å². The Bertz CT molecular complexity index is 917. The van der Waals surface area contributed by atoms with Crippen molar-refractivity contribution in [3.8, 4) is 17.0 Å². The van der Waals surface area contributed by atoms with Gasteiger partial charge in [-0.05, 0) is 19.1 Å². The number of benzene rings is 1. The number of nitrogen functional groups attached to an aromatic ring is 1. The fraction of sp³-hybridized carbons (Fsp3) is 0.188. The largest absolute Gasteiger partial charge is 0.497 e. The minimum Gasteiger partial charge on any atom is -0.497 e. The highest BCUT2D eigenvalue weighted by Gasteiger charge is 2.18. The molecule has 10 heteroatoms. The van der Waals surface area contributed by atoms with Crippen molar-refractivity contribution in [3.63, 3.8) is 0 Å². The summed E-state index contributed by atoms with van der Waals surface area (Å²) in [5.74, 6) is 0.682. The average molecular weight is 388 g/mol. The molecule has 0 aliphatic carbocycles. The number of methoxy groups -OCH3 is 1. The minimum atomic E-state index is -0.416. The van der Waals surface area contributed by atoms with E-state index >= 15 is 0 Å². The predicted octanol–water partition coefficient (Wildman–Crippen LogP) is 2.71. The minimum absolute atomic E-state index is 0.123. The summed E-state index contributed by atoms with van der Waals surface area (Å²) in [6, 6.07) is 7.59. The van der Waals surface area contributed by atoms with E-state index in [1.165, 1.54) is 29.4 Å². The SMILES string of the molecule is COc1cccc(-c2csc(NC(=O)C(C)Sc3ncnc(N)n3)n2)c1. The molecule has 1 unspecified atom stereocenters. The number of amides is 1. The number of nitrogens with two attached hydrogens (primary N) is 1. The summed E-state index contributed by atoms with van der Waals surface area (Å²) >= 11 is 2.56. The van der Waals surface area contributed by atoms with Crippen LogP contribution >= 0.6 is 23.1 Å². The van der Waals surface area contributed by atoms with Gasteiger partial charge in [-0.1, -0.05) is 23.9 Å². The molecule has 0 spiro atoms. The molecule has 0 bridgehead atoms. The molecule has 0 saturated heterocycles. The molecule has 1 atom stereocenters. The third-order valence-corrected chi connectivity index (χ3v) is 5.05. The van der Waals surface area contributed by atoms with Gasteiger partial charge < -0.3 is 15.8 Å². The van der Waals surface area contributed by atoms with Gasteiger partial charge >= 0.3 is 0 Å². The summed E-state index contributed by atoms with van der Waals surface area (Å²) in [6.07, 6.45) is 1.32.